The van der Waals surface area contributed by atoms with E-state index in [0.29, 0.717) is 5.56 Å². The Balaban J connectivity index is 2.61. The molecule has 1 amide bonds. The van der Waals surface area contributed by atoms with Crippen molar-refractivity contribution in [2.75, 3.05) is 0 Å². The second-order valence-corrected chi connectivity index (χ2v) is 5.28. The highest BCUT2D eigenvalue weighted by Gasteiger charge is 2.23. The van der Waals surface area contributed by atoms with Crippen molar-refractivity contribution in [3.05, 3.63) is 30.1 Å². The Labute approximate surface area is 123 Å². The molecule has 0 aliphatic carbocycles. The van der Waals surface area contributed by atoms with E-state index >= 15 is 0 Å². The van der Waals surface area contributed by atoms with Gasteiger partial charge in [0, 0.05) is 24.4 Å². The van der Waals surface area contributed by atoms with Crippen LogP contribution >= 0.6 is 0 Å². The van der Waals surface area contributed by atoms with Crippen LogP contribution in [0.1, 0.15) is 32.8 Å². The number of rotatable bonds is 3. The number of pyridine rings is 1. The van der Waals surface area contributed by atoms with Crippen molar-refractivity contribution < 1.29 is 19.4 Å². The van der Waals surface area contributed by atoms with Gasteiger partial charge in [-0.25, -0.2) is 9.59 Å². The van der Waals surface area contributed by atoms with Crippen LogP contribution in [0.3, 0.4) is 0 Å². The molecule has 1 aromatic heterocycles. The van der Waals surface area contributed by atoms with E-state index in [1.165, 1.54) is 0 Å². The molecule has 1 rings (SSSR count). The maximum Gasteiger partial charge on any atom is 0.408 e. The van der Waals surface area contributed by atoms with Gasteiger partial charge in [-0.05, 0) is 32.9 Å². The molecule has 6 nitrogen and oxygen atoms in total. The van der Waals surface area contributed by atoms with Crippen LogP contribution in [0, 0.1) is 11.8 Å². The zero-order chi connectivity index (χ0) is 15.9. The minimum absolute atomic E-state index is 0.0243. The zero-order valence-corrected chi connectivity index (χ0v) is 12.2. The number of nitrogens with one attached hydrogen (secondary N) is 1. The van der Waals surface area contributed by atoms with Gasteiger partial charge in [-0.3, -0.25) is 4.98 Å². The third-order valence-electron chi connectivity index (χ3n) is 2.19. The predicted octanol–water partition coefficient (Wildman–Crippen LogP) is 1.80. The molecular weight excluding hydrogens is 272 g/mol. The van der Waals surface area contributed by atoms with E-state index in [4.69, 9.17) is 9.84 Å². The van der Waals surface area contributed by atoms with Gasteiger partial charge in [-0.15, -0.1) is 0 Å². The molecule has 112 valence electrons. The van der Waals surface area contributed by atoms with Crippen LogP contribution in [0.5, 0.6) is 0 Å². The molecule has 0 saturated carbocycles. The summed E-state index contributed by atoms with van der Waals surface area (Å²) >= 11 is 0. The smallest absolute Gasteiger partial charge is 0.408 e. The van der Waals surface area contributed by atoms with Gasteiger partial charge < -0.3 is 15.2 Å². The van der Waals surface area contributed by atoms with Gasteiger partial charge in [0.2, 0.25) is 0 Å². The number of carboxylic acid groups (broad SMARTS) is 1. The molecule has 0 spiro atoms. The average molecular weight is 290 g/mol. The number of ether oxygens (including phenoxy) is 1. The number of hydrogen-bond donors (Lipinski definition) is 2. The zero-order valence-electron chi connectivity index (χ0n) is 12.2. The van der Waals surface area contributed by atoms with Crippen LogP contribution in [0.25, 0.3) is 0 Å². The number of aliphatic carboxylic acids is 1. The third kappa shape index (κ3) is 6.97. The number of carbonyl (C=O) groups is 2. The summed E-state index contributed by atoms with van der Waals surface area (Å²) in [5, 5.41) is 11.3. The fraction of sp³-hybridized carbons (Fsp3) is 0.400. The monoisotopic (exact) mass is 290 g/mol. The first-order valence-corrected chi connectivity index (χ1v) is 6.39. The van der Waals surface area contributed by atoms with Crippen LogP contribution in [0.4, 0.5) is 4.79 Å². The number of alkyl carbamates (subject to hydrolysis) is 1. The van der Waals surface area contributed by atoms with Crippen LogP contribution in [-0.2, 0) is 9.53 Å². The summed E-state index contributed by atoms with van der Waals surface area (Å²) in [7, 11) is 0. The van der Waals surface area contributed by atoms with E-state index in [0.717, 1.165) is 0 Å². The molecule has 0 aliphatic rings. The number of carboxylic acids is 1. The lowest BCUT2D eigenvalue weighted by atomic mass is 10.2. The fourth-order valence-electron chi connectivity index (χ4n) is 1.34. The van der Waals surface area contributed by atoms with Crippen molar-refractivity contribution in [1.82, 2.24) is 10.3 Å². The molecule has 1 atom stereocenters. The van der Waals surface area contributed by atoms with Crippen LogP contribution < -0.4 is 5.32 Å². The van der Waals surface area contributed by atoms with E-state index in [1.54, 1.807) is 45.3 Å². The first-order chi connectivity index (χ1) is 9.78. The normalized spacial score (nSPS) is 11.8. The number of carbonyl (C=O) groups excluding carboxylic acids is 1. The first kappa shape index (κ1) is 16.5. The first-order valence-electron chi connectivity index (χ1n) is 6.39. The summed E-state index contributed by atoms with van der Waals surface area (Å²) in [6.45, 7) is 5.10. The highest BCUT2D eigenvalue weighted by Crippen LogP contribution is 2.07. The summed E-state index contributed by atoms with van der Waals surface area (Å²) in [5.41, 5.74) is -0.00645. The predicted molar refractivity (Wildman–Crippen MR) is 76.5 cm³/mol. The SMILES string of the molecule is CC(C)(C)OC(=O)NC(CC#Cc1cccnc1)C(=O)O. The fourth-order valence-corrected chi connectivity index (χ4v) is 1.34. The van der Waals surface area contributed by atoms with E-state index in [2.05, 4.69) is 22.1 Å². The van der Waals surface area contributed by atoms with Crippen LogP contribution in [0.2, 0.25) is 0 Å². The number of hydrogen-bond acceptors (Lipinski definition) is 4. The molecule has 6 heteroatoms. The molecule has 1 unspecified atom stereocenters. The van der Waals surface area contributed by atoms with Crippen molar-refractivity contribution in [3.63, 3.8) is 0 Å². The second-order valence-electron chi connectivity index (χ2n) is 5.28. The summed E-state index contributed by atoms with van der Waals surface area (Å²) < 4.78 is 5.01. The minimum atomic E-state index is -1.17. The Kier molecular flexibility index (Phi) is 5.73. The van der Waals surface area contributed by atoms with E-state index in [-0.39, 0.29) is 6.42 Å². The van der Waals surface area contributed by atoms with Crippen molar-refractivity contribution in [2.45, 2.75) is 38.8 Å². The van der Waals surface area contributed by atoms with Crippen molar-refractivity contribution in [1.29, 1.82) is 0 Å². The molecule has 0 aliphatic heterocycles. The molecule has 0 aromatic carbocycles. The van der Waals surface area contributed by atoms with Gasteiger partial charge in [-0.2, -0.15) is 0 Å². The third-order valence-corrected chi connectivity index (χ3v) is 2.19. The Morgan fingerprint density at radius 1 is 1.48 bits per heavy atom. The highest BCUT2D eigenvalue weighted by atomic mass is 16.6. The van der Waals surface area contributed by atoms with Crippen molar-refractivity contribution >= 4 is 12.1 Å². The largest absolute Gasteiger partial charge is 0.480 e. The lowest BCUT2D eigenvalue weighted by Gasteiger charge is -2.21. The highest BCUT2D eigenvalue weighted by molar-refractivity contribution is 5.80. The number of nitrogens with zero attached hydrogens (tertiary/aromatic N) is 1. The molecule has 1 aromatic rings. The lowest BCUT2D eigenvalue weighted by molar-refractivity contribution is -0.139. The summed E-state index contributed by atoms with van der Waals surface area (Å²) in [6.07, 6.45) is 2.39. The van der Waals surface area contributed by atoms with Gasteiger partial charge >= 0.3 is 12.1 Å². The second kappa shape index (κ2) is 7.29. The minimum Gasteiger partial charge on any atom is -0.480 e. The van der Waals surface area contributed by atoms with Gasteiger partial charge in [-0.1, -0.05) is 11.8 Å². The van der Waals surface area contributed by atoms with Crippen molar-refractivity contribution in [3.8, 4) is 11.8 Å². The maximum absolute atomic E-state index is 11.6. The van der Waals surface area contributed by atoms with Crippen molar-refractivity contribution in [2.24, 2.45) is 0 Å². The summed E-state index contributed by atoms with van der Waals surface area (Å²) in [6, 6.07) is 2.37. The van der Waals surface area contributed by atoms with Gasteiger partial charge in [0.1, 0.15) is 11.6 Å². The van der Waals surface area contributed by atoms with E-state index in [9.17, 15) is 9.59 Å². The van der Waals surface area contributed by atoms with E-state index < -0.39 is 23.7 Å². The number of amides is 1. The molecule has 0 saturated heterocycles. The molecule has 21 heavy (non-hydrogen) atoms. The molecule has 0 radical (unpaired) electrons. The lowest BCUT2D eigenvalue weighted by Crippen LogP contribution is -2.43. The quantitative estimate of drug-likeness (QED) is 0.829. The van der Waals surface area contributed by atoms with E-state index in [1.807, 2.05) is 0 Å². The molecule has 2 N–H and O–H groups in total. The number of aromatic nitrogens is 1. The molecule has 0 fully saturated rings. The Morgan fingerprint density at radius 2 is 2.19 bits per heavy atom. The molecule has 1 heterocycles. The standard InChI is InChI=1S/C15H18N2O4/c1-15(2,3)21-14(20)17-12(13(18)19)8-4-6-11-7-5-9-16-10-11/h5,7,9-10,12H,8H2,1-3H3,(H,17,20)(H,18,19). The molecule has 0 bridgehead atoms. The van der Waals surface area contributed by atoms with Crippen LogP contribution in [-0.4, -0.2) is 33.8 Å². The Bertz CT molecular complexity index is 553. The average Bonchev–Trinajstić information content (AvgIpc) is 2.36. The topological polar surface area (TPSA) is 88.5 Å². The summed E-state index contributed by atoms with van der Waals surface area (Å²) in [5.74, 6) is 4.33. The Morgan fingerprint density at radius 3 is 2.71 bits per heavy atom. The summed E-state index contributed by atoms with van der Waals surface area (Å²) in [4.78, 5) is 26.5. The van der Waals surface area contributed by atoms with Gasteiger partial charge in [0.15, 0.2) is 0 Å². The van der Waals surface area contributed by atoms with Gasteiger partial charge in [0.25, 0.3) is 0 Å². The van der Waals surface area contributed by atoms with Crippen LogP contribution in [0.15, 0.2) is 24.5 Å². The Hall–Kier alpha value is -2.55. The molecular formula is C15H18N2O4. The van der Waals surface area contributed by atoms with Gasteiger partial charge in [0.05, 0.1) is 0 Å². The maximum atomic E-state index is 11.6.